The third-order valence-corrected chi connectivity index (χ3v) is 4.55. The standard InChI is InChI=1S/C16H21NO2S/c1-4-14(19-10-1)12-18-9-3-8-17-16(13-6-7-13)15-5-2-11-20-15/h1-2,4-5,10-11,13,16-17H,3,6-9,12H2. The van der Waals surface area contributed by atoms with Crippen molar-refractivity contribution in [3.8, 4) is 0 Å². The Labute approximate surface area is 124 Å². The summed E-state index contributed by atoms with van der Waals surface area (Å²) in [5.74, 6) is 1.74. The van der Waals surface area contributed by atoms with Gasteiger partial charge in [0, 0.05) is 17.5 Å². The van der Waals surface area contributed by atoms with Gasteiger partial charge in [0.25, 0.3) is 0 Å². The van der Waals surface area contributed by atoms with E-state index in [0.717, 1.165) is 31.3 Å². The Morgan fingerprint density at radius 2 is 2.30 bits per heavy atom. The molecule has 0 aromatic carbocycles. The molecule has 0 aliphatic heterocycles. The Kier molecular flexibility index (Phi) is 4.90. The van der Waals surface area contributed by atoms with Crippen LogP contribution in [0.1, 0.15) is 35.9 Å². The molecule has 1 fully saturated rings. The van der Waals surface area contributed by atoms with Gasteiger partial charge in [-0.15, -0.1) is 11.3 Å². The smallest absolute Gasteiger partial charge is 0.129 e. The number of nitrogens with one attached hydrogen (secondary N) is 1. The lowest BCUT2D eigenvalue weighted by Gasteiger charge is -2.16. The highest BCUT2D eigenvalue weighted by atomic mass is 32.1. The zero-order valence-corrected chi connectivity index (χ0v) is 12.4. The van der Waals surface area contributed by atoms with E-state index in [4.69, 9.17) is 9.15 Å². The monoisotopic (exact) mass is 291 g/mol. The summed E-state index contributed by atoms with van der Waals surface area (Å²) in [5.41, 5.74) is 0. The van der Waals surface area contributed by atoms with Crippen molar-refractivity contribution in [1.82, 2.24) is 5.32 Å². The van der Waals surface area contributed by atoms with E-state index in [-0.39, 0.29) is 0 Å². The number of rotatable bonds is 9. The van der Waals surface area contributed by atoms with Crippen LogP contribution >= 0.6 is 11.3 Å². The van der Waals surface area contributed by atoms with Crippen LogP contribution in [0.15, 0.2) is 40.3 Å². The van der Waals surface area contributed by atoms with Crippen LogP contribution in [0.4, 0.5) is 0 Å². The minimum atomic E-state index is 0.556. The second kappa shape index (κ2) is 7.07. The van der Waals surface area contributed by atoms with E-state index in [1.54, 1.807) is 6.26 Å². The van der Waals surface area contributed by atoms with Gasteiger partial charge in [0.2, 0.25) is 0 Å². The number of furan rings is 1. The molecule has 1 unspecified atom stereocenters. The Hall–Kier alpha value is -1.10. The maximum atomic E-state index is 5.60. The third-order valence-electron chi connectivity index (χ3n) is 3.60. The second-order valence-electron chi connectivity index (χ2n) is 5.27. The van der Waals surface area contributed by atoms with Crippen LogP contribution in [-0.2, 0) is 11.3 Å². The first-order valence-electron chi connectivity index (χ1n) is 7.30. The molecule has 3 rings (SSSR count). The largest absolute Gasteiger partial charge is 0.467 e. The molecular formula is C16H21NO2S. The van der Waals surface area contributed by atoms with Gasteiger partial charge in [-0.05, 0) is 55.3 Å². The van der Waals surface area contributed by atoms with Crippen LogP contribution in [0, 0.1) is 5.92 Å². The highest BCUT2D eigenvalue weighted by Crippen LogP contribution is 2.42. The Bertz CT molecular complexity index is 477. The predicted octanol–water partition coefficient (Wildman–Crippen LogP) is 3.99. The van der Waals surface area contributed by atoms with E-state index in [9.17, 15) is 0 Å². The van der Waals surface area contributed by atoms with Gasteiger partial charge in [0.05, 0.1) is 6.26 Å². The van der Waals surface area contributed by atoms with Gasteiger partial charge < -0.3 is 14.5 Å². The van der Waals surface area contributed by atoms with Crippen molar-refractivity contribution < 1.29 is 9.15 Å². The van der Waals surface area contributed by atoms with Crippen LogP contribution in [0.25, 0.3) is 0 Å². The first kappa shape index (κ1) is 13.9. The Morgan fingerprint density at radius 3 is 3.00 bits per heavy atom. The van der Waals surface area contributed by atoms with E-state index in [1.165, 1.54) is 17.7 Å². The van der Waals surface area contributed by atoms with Crippen molar-refractivity contribution in [2.24, 2.45) is 5.92 Å². The maximum absolute atomic E-state index is 5.60. The van der Waals surface area contributed by atoms with E-state index < -0.39 is 0 Å². The summed E-state index contributed by atoms with van der Waals surface area (Å²) in [6.07, 6.45) is 5.45. The maximum Gasteiger partial charge on any atom is 0.129 e. The third kappa shape index (κ3) is 3.95. The summed E-state index contributed by atoms with van der Waals surface area (Å²) in [4.78, 5) is 1.48. The predicted molar refractivity (Wildman–Crippen MR) is 80.8 cm³/mol. The Balaban J connectivity index is 1.32. The lowest BCUT2D eigenvalue weighted by Crippen LogP contribution is -2.24. The molecule has 1 N–H and O–H groups in total. The van der Waals surface area contributed by atoms with Crippen molar-refractivity contribution in [2.75, 3.05) is 13.2 Å². The van der Waals surface area contributed by atoms with E-state index in [0.29, 0.717) is 12.6 Å². The fraction of sp³-hybridized carbons (Fsp3) is 0.500. The van der Waals surface area contributed by atoms with Crippen LogP contribution in [0.2, 0.25) is 0 Å². The minimum absolute atomic E-state index is 0.556. The van der Waals surface area contributed by atoms with Crippen molar-refractivity contribution >= 4 is 11.3 Å². The second-order valence-corrected chi connectivity index (χ2v) is 6.25. The molecule has 1 aliphatic rings. The lowest BCUT2D eigenvalue weighted by molar-refractivity contribution is 0.103. The quantitative estimate of drug-likeness (QED) is 0.709. The molecule has 0 bridgehead atoms. The minimum Gasteiger partial charge on any atom is -0.467 e. The summed E-state index contributed by atoms with van der Waals surface area (Å²) in [6, 6.07) is 8.78. The van der Waals surface area contributed by atoms with Crippen molar-refractivity contribution in [3.63, 3.8) is 0 Å². The molecule has 4 heteroatoms. The van der Waals surface area contributed by atoms with Gasteiger partial charge in [-0.25, -0.2) is 0 Å². The van der Waals surface area contributed by atoms with Crippen LogP contribution < -0.4 is 5.32 Å². The van der Waals surface area contributed by atoms with Crippen LogP contribution in [0.3, 0.4) is 0 Å². The molecule has 2 aromatic rings. The molecule has 0 saturated heterocycles. The van der Waals surface area contributed by atoms with Crippen LogP contribution in [0.5, 0.6) is 0 Å². The molecule has 2 aromatic heterocycles. The summed E-state index contributed by atoms with van der Waals surface area (Å²) < 4.78 is 10.8. The van der Waals surface area contributed by atoms with Gasteiger partial charge in [0.1, 0.15) is 12.4 Å². The van der Waals surface area contributed by atoms with Crippen LogP contribution in [-0.4, -0.2) is 13.2 Å². The number of thiophene rings is 1. The average molecular weight is 291 g/mol. The van der Waals surface area contributed by atoms with Gasteiger partial charge in [-0.3, -0.25) is 0 Å². The molecule has 0 amide bonds. The van der Waals surface area contributed by atoms with Crippen molar-refractivity contribution in [2.45, 2.75) is 31.9 Å². The zero-order chi connectivity index (χ0) is 13.6. The highest BCUT2D eigenvalue weighted by Gasteiger charge is 2.32. The number of hydrogen-bond donors (Lipinski definition) is 1. The fourth-order valence-corrected chi connectivity index (χ4v) is 3.29. The number of ether oxygens (including phenoxy) is 1. The van der Waals surface area contributed by atoms with Gasteiger partial charge in [-0.1, -0.05) is 6.07 Å². The molecule has 0 radical (unpaired) electrons. The van der Waals surface area contributed by atoms with E-state index >= 15 is 0 Å². The molecule has 1 saturated carbocycles. The molecule has 0 spiro atoms. The Morgan fingerprint density at radius 1 is 1.35 bits per heavy atom. The first-order valence-corrected chi connectivity index (χ1v) is 8.18. The topological polar surface area (TPSA) is 34.4 Å². The molecule has 1 atom stereocenters. The lowest BCUT2D eigenvalue weighted by atomic mass is 10.1. The number of hydrogen-bond acceptors (Lipinski definition) is 4. The molecule has 3 nitrogen and oxygen atoms in total. The summed E-state index contributed by atoms with van der Waals surface area (Å²) >= 11 is 1.86. The summed E-state index contributed by atoms with van der Waals surface area (Å²) in [6.45, 7) is 2.36. The fourth-order valence-electron chi connectivity index (χ4n) is 2.40. The molecular weight excluding hydrogens is 270 g/mol. The molecule has 2 heterocycles. The van der Waals surface area contributed by atoms with Gasteiger partial charge in [0.15, 0.2) is 0 Å². The zero-order valence-electron chi connectivity index (χ0n) is 11.6. The first-order chi connectivity index (χ1) is 9.93. The molecule has 108 valence electrons. The van der Waals surface area contributed by atoms with E-state index in [2.05, 4.69) is 22.8 Å². The van der Waals surface area contributed by atoms with Crippen molar-refractivity contribution in [3.05, 3.63) is 46.5 Å². The highest BCUT2D eigenvalue weighted by molar-refractivity contribution is 7.10. The van der Waals surface area contributed by atoms with Gasteiger partial charge >= 0.3 is 0 Å². The SMILES string of the molecule is c1coc(COCCCNC(c2cccs2)C2CC2)c1. The normalized spacial score (nSPS) is 16.4. The molecule has 20 heavy (non-hydrogen) atoms. The summed E-state index contributed by atoms with van der Waals surface area (Å²) in [5, 5.41) is 5.85. The van der Waals surface area contributed by atoms with Gasteiger partial charge in [-0.2, -0.15) is 0 Å². The van der Waals surface area contributed by atoms with Crippen molar-refractivity contribution in [1.29, 1.82) is 0 Å². The average Bonchev–Trinajstić information content (AvgIpc) is 2.94. The summed E-state index contributed by atoms with van der Waals surface area (Å²) in [7, 11) is 0. The van der Waals surface area contributed by atoms with E-state index in [1.807, 2.05) is 23.5 Å². The molecule has 1 aliphatic carbocycles.